The van der Waals surface area contributed by atoms with E-state index in [1.54, 1.807) is 0 Å². The number of rotatable bonds is 7. The molecule has 0 N–H and O–H groups in total. The Bertz CT molecular complexity index is 670. The number of hydrogen-bond acceptors (Lipinski definition) is 1. The highest BCUT2D eigenvalue weighted by Crippen LogP contribution is 2.45. The maximum atomic E-state index is 13.9. The van der Waals surface area contributed by atoms with Gasteiger partial charge in [0, 0.05) is 18.8 Å². The van der Waals surface area contributed by atoms with Crippen LogP contribution in [0.1, 0.15) is 75.3 Å². The quantitative estimate of drug-likeness (QED) is 0.385. The molecule has 3 rings (SSSR count). The number of hydrogen-bond donors (Lipinski definition) is 0. The molecule has 0 bridgehead atoms. The van der Waals surface area contributed by atoms with Gasteiger partial charge in [-0.05, 0) is 87.5 Å². The monoisotopic (exact) mass is 450 g/mol. The van der Waals surface area contributed by atoms with Crippen LogP contribution in [0.15, 0.2) is 24.3 Å². The predicted octanol–water partition coefficient (Wildman–Crippen LogP) is 7.80. The van der Waals surface area contributed by atoms with E-state index in [0.717, 1.165) is 62.5 Å². The molecule has 0 saturated heterocycles. The molecule has 0 aromatic heterocycles. The zero-order chi connectivity index (χ0) is 22.6. The summed E-state index contributed by atoms with van der Waals surface area (Å²) in [4.78, 5) is 0. The Morgan fingerprint density at radius 2 is 1.35 bits per heavy atom. The lowest BCUT2D eigenvalue weighted by molar-refractivity contribution is -0.248. The van der Waals surface area contributed by atoms with E-state index in [-0.39, 0.29) is 5.92 Å². The topological polar surface area (TPSA) is 9.23 Å². The fourth-order valence-corrected chi connectivity index (χ4v) is 5.36. The molecule has 1 aromatic carbocycles. The summed E-state index contributed by atoms with van der Waals surface area (Å²) < 4.78 is 83.8. The fourth-order valence-electron chi connectivity index (χ4n) is 5.36. The third-order valence-corrected chi connectivity index (χ3v) is 7.26. The van der Waals surface area contributed by atoms with Crippen molar-refractivity contribution in [1.29, 1.82) is 0 Å². The maximum Gasteiger partial charge on any atom is 0.426 e. The van der Waals surface area contributed by atoms with Crippen molar-refractivity contribution in [2.24, 2.45) is 17.8 Å². The molecule has 0 aliphatic heterocycles. The van der Waals surface area contributed by atoms with Gasteiger partial charge in [0.25, 0.3) is 6.17 Å². The van der Waals surface area contributed by atoms with Gasteiger partial charge in [-0.3, -0.25) is 0 Å². The first-order valence-electron chi connectivity index (χ1n) is 11.4. The van der Waals surface area contributed by atoms with Crippen molar-refractivity contribution < 1.29 is 31.1 Å². The van der Waals surface area contributed by atoms with Crippen LogP contribution in [-0.4, -0.2) is 25.6 Å². The van der Waals surface area contributed by atoms with Crippen molar-refractivity contribution in [3.63, 3.8) is 0 Å². The minimum Gasteiger partial charge on any atom is -0.381 e. The minimum absolute atomic E-state index is 0.219. The highest BCUT2D eigenvalue weighted by molar-refractivity contribution is 5.29. The van der Waals surface area contributed by atoms with Crippen molar-refractivity contribution in [3.8, 4) is 0 Å². The van der Waals surface area contributed by atoms with Gasteiger partial charge in [-0.25, -0.2) is 4.39 Å². The van der Waals surface area contributed by atoms with Crippen molar-refractivity contribution in [2.45, 2.75) is 82.5 Å². The van der Waals surface area contributed by atoms with Crippen LogP contribution in [0, 0.1) is 17.8 Å². The number of benzene rings is 1. The van der Waals surface area contributed by atoms with E-state index < -0.39 is 23.8 Å². The molecule has 0 heterocycles. The molecule has 0 radical (unpaired) electrons. The second-order valence-electron chi connectivity index (χ2n) is 9.20. The summed E-state index contributed by atoms with van der Waals surface area (Å²) >= 11 is 0. The van der Waals surface area contributed by atoms with Crippen molar-refractivity contribution in [3.05, 3.63) is 35.4 Å². The lowest BCUT2D eigenvalue weighted by Crippen LogP contribution is -2.39. The Hall–Kier alpha value is -1.24. The van der Waals surface area contributed by atoms with E-state index >= 15 is 0 Å². The van der Waals surface area contributed by atoms with Crippen LogP contribution in [0.5, 0.6) is 0 Å². The van der Waals surface area contributed by atoms with E-state index in [0.29, 0.717) is 11.8 Å². The van der Waals surface area contributed by atoms with Crippen LogP contribution in [0.2, 0.25) is 0 Å². The molecule has 2 aliphatic carbocycles. The molecule has 2 aliphatic rings. The normalized spacial score (nSPS) is 29.0. The van der Waals surface area contributed by atoms with Gasteiger partial charge in [-0.2, -0.15) is 22.0 Å². The Labute approximate surface area is 180 Å². The van der Waals surface area contributed by atoms with Gasteiger partial charge in [0.15, 0.2) is 0 Å². The smallest absolute Gasteiger partial charge is 0.381 e. The first-order valence-corrected chi connectivity index (χ1v) is 11.4. The standard InChI is InChI=1S/C24H32F6O/c1-2-31-15-16-3-5-17(6-4-16)18-7-9-19(10-8-18)20-11-13-21(14-12-20)23(26,27)22(25)24(28,29)30/h11-14,16-19,22H,2-10,15H2,1H3. The van der Waals surface area contributed by atoms with Crippen molar-refractivity contribution in [2.75, 3.05) is 13.2 Å². The molecule has 1 unspecified atom stereocenters. The summed E-state index contributed by atoms with van der Waals surface area (Å²) in [5, 5.41) is 0. The summed E-state index contributed by atoms with van der Waals surface area (Å²) in [5.41, 5.74) is -0.0839. The predicted molar refractivity (Wildman–Crippen MR) is 108 cm³/mol. The van der Waals surface area contributed by atoms with E-state index in [2.05, 4.69) is 0 Å². The number of alkyl halides is 6. The first kappa shape index (κ1) is 24.4. The zero-order valence-electron chi connectivity index (χ0n) is 17.9. The summed E-state index contributed by atoms with van der Waals surface area (Å²) in [6.07, 6.45) is -0.815. The highest BCUT2D eigenvalue weighted by Gasteiger charge is 2.57. The van der Waals surface area contributed by atoms with Crippen molar-refractivity contribution in [1.82, 2.24) is 0 Å². The van der Waals surface area contributed by atoms with Crippen LogP contribution < -0.4 is 0 Å². The molecule has 31 heavy (non-hydrogen) atoms. The Morgan fingerprint density at radius 3 is 1.84 bits per heavy atom. The SMILES string of the molecule is CCOCC1CCC(C2CCC(c3ccc(C(F)(F)C(F)C(F)(F)F)cc3)CC2)CC1. The Kier molecular flexibility index (Phi) is 7.98. The van der Waals surface area contributed by atoms with Crippen LogP contribution in [-0.2, 0) is 10.7 Å². The van der Waals surface area contributed by atoms with Gasteiger partial charge in [-0.15, -0.1) is 0 Å². The van der Waals surface area contributed by atoms with E-state index in [1.807, 2.05) is 6.92 Å². The summed E-state index contributed by atoms with van der Waals surface area (Å²) in [6.45, 7) is 3.64. The Morgan fingerprint density at radius 1 is 0.839 bits per heavy atom. The molecule has 1 nitrogen and oxygen atoms in total. The molecule has 2 saturated carbocycles. The fraction of sp³-hybridized carbons (Fsp3) is 0.750. The van der Waals surface area contributed by atoms with Gasteiger partial charge >= 0.3 is 12.1 Å². The van der Waals surface area contributed by atoms with Gasteiger partial charge < -0.3 is 4.74 Å². The number of halogens is 6. The van der Waals surface area contributed by atoms with Gasteiger partial charge in [-0.1, -0.05) is 24.3 Å². The third-order valence-electron chi connectivity index (χ3n) is 7.26. The molecular weight excluding hydrogens is 418 g/mol. The average molecular weight is 451 g/mol. The summed E-state index contributed by atoms with van der Waals surface area (Å²) in [6, 6.07) is 4.77. The average Bonchev–Trinajstić information content (AvgIpc) is 2.77. The lowest BCUT2D eigenvalue weighted by Gasteiger charge is -2.38. The van der Waals surface area contributed by atoms with E-state index in [1.165, 1.54) is 37.8 Å². The molecule has 1 aromatic rings. The van der Waals surface area contributed by atoms with Crippen LogP contribution >= 0.6 is 0 Å². The van der Waals surface area contributed by atoms with Crippen LogP contribution in [0.25, 0.3) is 0 Å². The largest absolute Gasteiger partial charge is 0.426 e. The second kappa shape index (κ2) is 10.1. The minimum atomic E-state index is -5.59. The molecule has 2 fully saturated rings. The molecule has 0 amide bonds. The molecule has 0 spiro atoms. The maximum absolute atomic E-state index is 13.9. The zero-order valence-corrected chi connectivity index (χ0v) is 17.9. The molecular formula is C24H32F6O. The molecule has 176 valence electrons. The first-order chi connectivity index (χ1) is 14.6. The molecule has 7 heteroatoms. The van der Waals surface area contributed by atoms with E-state index in [9.17, 15) is 26.3 Å². The third kappa shape index (κ3) is 5.96. The summed E-state index contributed by atoms with van der Waals surface area (Å²) in [7, 11) is 0. The van der Waals surface area contributed by atoms with Gasteiger partial charge in [0.1, 0.15) is 0 Å². The second-order valence-corrected chi connectivity index (χ2v) is 9.20. The number of ether oxygens (including phenoxy) is 1. The lowest BCUT2D eigenvalue weighted by atomic mass is 9.68. The molecule has 1 atom stereocenters. The van der Waals surface area contributed by atoms with Crippen LogP contribution in [0.4, 0.5) is 26.3 Å². The summed E-state index contributed by atoms with van der Waals surface area (Å²) in [5.74, 6) is -2.27. The van der Waals surface area contributed by atoms with Crippen molar-refractivity contribution >= 4 is 0 Å². The van der Waals surface area contributed by atoms with E-state index in [4.69, 9.17) is 4.74 Å². The van der Waals surface area contributed by atoms with Gasteiger partial charge in [0.2, 0.25) is 0 Å². The van der Waals surface area contributed by atoms with Crippen LogP contribution in [0.3, 0.4) is 0 Å². The van der Waals surface area contributed by atoms with Gasteiger partial charge in [0.05, 0.1) is 0 Å². The Balaban J connectivity index is 1.51. The highest BCUT2D eigenvalue weighted by atomic mass is 19.4.